The fraction of sp³-hybridized carbons (Fsp3) is 0.650. The first-order valence-electron chi connectivity index (χ1n) is 9.57. The molecule has 1 amide bonds. The highest BCUT2D eigenvalue weighted by Gasteiger charge is 2.40. The van der Waals surface area contributed by atoms with Crippen molar-refractivity contribution in [3.63, 3.8) is 0 Å². The van der Waals surface area contributed by atoms with Crippen molar-refractivity contribution >= 4 is 17.0 Å². The molecule has 0 saturated carbocycles. The van der Waals surface area contributed by atoms with Gasteiger partial charge in [-0.1, -0.05) is 0 Å². The number of aliphatic hydroxyl groups is 1. The van der Waals surface area contributed by atoms with E-state index in [4.69, 9.17) is 9.84 Å². The minimum Gasteiger partial charge on any atom is -0.444 e. The highest BCUT2D eigenvalue weighted by Crippen LogP contribution is 2.37. The van der Waals surface area contributed by atoms with Gasteiger partial charge in [0, 0.05) is 37.0 Å². The highest BCUT2D eigenvalue weighted by molar-refractivity contribution is 5.84. The van der Waals surface area contributed by atoms with Crippen LogP contribution in [0.25, 0.3) is 10.9 Å². The number of hydrogen-bond donors (Lipinski definition) is 1. The monoisotopic (exact) mass is 374 g/mol. The van der Waals surface area contributed by atoms with Crippen molar-refractivity contribution in [2.75, 3.05) is 19.7 Å². The van der Waals surface area contributed by atoms with Crippen molar-refractivity contribution in [1.82, 2.24) is 19.7 Å². The zero-order valence-electron chi connectivity index (χ0n) is 16.9. The molecule has 1 aliphatic heterocycles. The summed E-state index contributed by atoms with van der Waals surface area (Å²) in [6.45, 7) is 10.9. The minimum atomic E-state index is -0.503. The lowest BCUT2D eigenvalue weighted by Gasteiger charge is -2.42. The van der Waals surface area contributed by atoms with Gasteiger partial charge >= 0.3 is 6.09 Å². The van der Waals surface area contributed by atoms with E-state index in [0.29, 0.717) is 19.5 Å². The number of aromatic nitrogens is 3. The first kappa shape index (κ1) is 19.6. The fourth-order valence-corrected chi connectivity index (χ4v) is 4.00. The third-order valence-corrected chi connectivity index (χ3v) is 5.33. The smallest absolute Gasteiger partial charge is 0.410 e. The lowest BCUT2D eigenvalue weighted by Crippen LogP contribution is -2.50. The summed E-state index contributed by atoms with van der Waals surface area (Å²) < 4.78 is 7.57. The zero-order valence-corrected chi connectivity index (χ0v) is 16.9. The maximum Gasteiger partial charge on any atom is 0.410 e. The summed E-state index contributed by atoms with van der Waals surface area (Å²) in [6, 6.07) is 1.99. The van der Waals surface area contributed by atoms with Crippen molar-refractivity contribution in [2.45, 2.75) is 65.0 Å². The second kappa shape index (κ2) is 7.11. The largest absolute Gasteiger partial charge is 0.444 e. The van der Waals surface area contributed by atoms with Gasteiger partial charge in [-0.3, -0.25) is 9.67 Å². The topological polar surface area (TPSA) is 80.5 Å². The second-order valence-corrected chi connectivity index (χ2v) is 8.45. The summed E-state index contributed by atoms with van der Waals surface area (Å²) in [5, 5.41) is 15.6. The van der Waals surface area contributed by atoms with Gasteiger partial charge in [0.25, 0.3) is 0 Å². The molecule has 1 N–H and O–H groups in total. The molecule has 0 aromatic carbocycles. The number of carbonyl (C=O) groups is 1. The van der Waals surface area contributed by atoms with E-state index in [2.05, 4.69) is 9.67 Å². The molecule has 7 heteroatoms. The van der Waals surface area contributed by atoms with Crippen molar-refractivity contribution in [3.8, 4) is 0 Å². The van der Waals surface area contributed by atoms with Crippen LogP contribution in [0.15, 0.2) is 12.3 Å². The Labute approximate surface area is 160 Å². The van der Waals surface area contributed by atoms with Gasteiger partial charge in [-0.05, 0) is 59.9 Å². The number of carbonyl (C=O) groups excluding carboxylic acids is 1. The Morgan fingerprint density at radius 1 is 1.26 bits per heavy atom. The van der Waals surface area contributed by atoms with E-state index in [9.17, 15) is 9.90 Å². The number of pyridine rings is 1. The number of nitrogens with zero attached hydrogens (tertiary/aromatic N) is 4. The number of amides is 1. The summed E-state index contributed by atoms with van der Waals surface area (Å²) >= 11 is 0. The molecule has 3 heterocycles. The third kappa shape index (κ3) is 3.78. The Bertz CT molecular complexity index is 830. The van der Waals surface area contributed by atoms with Crippen LogP contribution < -0.4 is 0 Å². The molecule has 0 atom stereocenters. The van der Waals surface area contributed by atoms with Gasteiger partial charge in [0.2, 0.25) is 0 Å². The maximum absolute atomic E-state index is 12.4. The van der Waals surface area contributed by atoms with Gasteiger partial charge in [0.05, 0.1) is 16.7 Å². The first-order chi connectivity index (χ1) is 12.7. The minimum absolute atomic E-state index is 0.0803. The summed E-state index contributed by atoms with van der Waals surface area (Å²) in [6.07, 6.45) is 3.58. The molecule has 0 radical (unpaired) electrons. The van der Waals surface area contributed by atoms with Gasteiger partial charge < -0.3 is 14.7 Å². The van der Waals surface area contributed by atoms with E-state index in [-0.39, 0.29) is 18.2 Å². The molecule has 2 aromatic rings. The van der Waals surface area contributed by atoms with Crippen molar-refractivity contribution < 1.29 is 14.6 Å². The predicted octanol–water partition coefficient (Wildman–Crippen LogP) is 3.16. The molecule has 7 nitrogen and oxygen atoms in total. The Kier molecular flexibility index (Phi) is 5.16. The summed E-state index contributed by atoms with van der Waals surface area (Å²) in [4.78, 5) is 18.6. The zero-order chi connectivity index (χ0) is 19.8. The van der Waals surface area contributed by atoms with Crippen molar-refractivity contribution in [2.24, 2.45) is 0 Å². The van der Waals surface area contributed by atoms with Gasteiger partial charge in [0.1, 0.15) is 5.60 Å². The molecule has 27 heavy (non-hydrogen) atoms. The summed E-state index contributed by atoms with van der Waals surface area (Å²) in [5.41, 5.74) is 2.13. The average molecular weight is 374 g/mol. The molecular formula is C20H30N4O3. The SMILES string of the molecule is Cc1nccc2c1c(C)nn2C1(CCO)CCN(C(=O)OC(C)(C)C)CC1. The number of aryl methyl sites for hydroxylation is 2. The van der Waals surface area contributed by atoms with Gasteiger partial charge in [0.15, 0.2) is 0 Å². The third-order valence-electron chi connectivity index (χ3n) is 5.33. The van der Waals surface area contributed by atoms with E-state index in [1.165, 1.54) is 0 Å². The van der Waals surface area contributed by atoms with E-state index in [0.717, 1.165) is 35.1 Å². The van der Waals surface area contributed by atoms with Crippen LogP contribution in [0.2, 0.25) is 0 Å². The molecule has 0 spiro atoms. The Balaban J connectivity index is 1.90. The van der Waals surface area contributed by atoms with E-state index in [1.54, 1.807) is 11.1 Å². The number of ether oxygens (including phenoxy) is 1. The normalized spacial score (nSPS) is 17.3. The van der Waals surface area contributed by atoms with E-state index >= 15 is 0 Å². The van der Waals surface area contributed by atoms with E-state index in [1.807, 2.05) is 40.7 Å². The number of aliphatic hydroxyl groups excluding tert-OH is 1. The lowest BCUT2D eigenvalue weighted by molar-refractivity contribution is 0.00755. The standard InChI is InChI=1S/C20H30N4O3/c1-14-17-15(2)22-24(16(17)6-10-21-14)20(9-13-25)7-11-23(12-8-20)18(26)27-19(3,4)5/h6,10,25H,7-9,11-13H2,1-5H3. The molecule has 0 unspecified atom stereocenters. The quantitative estimate of drug-likeness (QED) is 0.893. The molecule has 148 valence electrons. The summed E-state index contributed by atoms with van der Waals surface area (Å²) in [7, 11) is 0. The lowest BCUT2D eigenvalue weighted by atomic mass is 9.84. The average Bonchev–Trinajstić information content (AvgIpc) is 2.93. The van der Waals surface area contributed by atoms with Crippen LogP contribution >= 0.6 is 0 Å². The molecular weight excluding hydrogens is 344 g/mol. The molecule has 0 bridgehead atoms. The van der Waals surface area contributed by atoms with Gasteiger partial charge in [-0.2, -0.15) is 5.10 Å². The Morgan fingerprint density at radius 2 is 1.93 bits per heavy atom. The molecule has 1 saturated heterocycles. The number of fused-ring (bicyclic) bond motifs is 1. The van der Waals surface area contributed by atoms with Crippen molar-refractivity contribution in [3.05, 3.63) is 23.7 Å². The van der Waals surface area contributed by atoms with Crippen LogP contribution in [-0.2, 0) is 10.3 Å². The molecule has 1 aliphatic rings. The van der Waals surface area contributed by atoms with Crippen LogP contribution in [0.3, 0.4) is 0 Å². The van der Waals surface area contributed by atoms with Gasteiger partial charge in [-0.25, -0.2) is 4.79 Å². The predicted molar refractivity (Wildman–Crippen MR) is 104 cm³/mol. The highest BCUT2D eigenvalue weighted by atomic mass is 16.6. The first-order valence-corrected chi connectivity index (χ1v) is 9.57. The van der Waals surface area contributed by atoms with Gasteiger partial charge in [-0.15, -0.1) is 0 Å². The van der Waals surface area contributed by atoms with Crippen LogP contribution in [-0.4, -0.2) is 56.2 Å². The molecule has 2 aromatic heterocycles. The van der Waals surface area contributed by atoms with Crippen LogP contribution in [0.1, 0.15) is 51.4 Å². The van der Waals surface area contributed by atoms with Crippen LogP contribution in [0.4, 0.5) is 4.79 Å². The number of rotatable bonds is 3. The number of hydrogen-bond acceptors (Lipinski definition) is 5. The second-order valence-electron chi connectivity index (χ2n) is 8.45. The fourth-order valence-electron chi connectivity index (χ4n) is 4.00. The van der Waals surface area contributed by atoms with Crippen LogP contribution in [0.5, 0.6) is 0 Å². The Hall–Kier alpha value is -2.15. The molecule has 0 aliphatic carbocycles. The van der Waals surface area contributed by atoms with Crippen LogP contribution in [0, 0.1) is 13.8 Å². The maximum atomic E-state index is 12.4. The van der Waals surface area contributed by atoms with E-state index < -0.39 is 5.60 Å². The molecule has 1 fully saturated rings. The summed E-state index contributed by atoms with van der Waals surface area (Å²) in [5.74, 6) is 0. The molecule has 3 rings (SSSR count). The number of likely N-dealkylation sites (tertiary alicyclic amines) is 1. The number of piperidine rings is 1. The Morgan fingerprint density at radius 3 is 2.52 bits per heavy atom. The van der Waals surface area contributed by atoms with Crippen molar-refractivity contribution in [1.29, 1.82) is 0 Å².